The van der Waals surface area contributed by atoms with Crippen molar-refractivity contribution < 1.29 is 9.53 Å². The molecule has 0 aromatic carbocycles. The van der Waals surface area contributed by atoms with E-state index in [4.69, 9.17) is 4.74 Å². The number of aryl methyl sites for hydroxylation is 2. The molecule has 0 saturated heterocycles. The topological polar surface area (TPSA) is 52.1 Å². The van der Waals surface area contributed by atoms with Crippen LogP contribution in [0.5, 0.6) is 0 Å². The number of fused-ring (bicyclic) bond motifs is 3. The number of aromatic nitrogens is 2. The molecule has 0 saturated carbocycles. The summed E-state index contributed by atoms with van der Waals surface area (Å²) >= 11 is 3.27. The molecule has 2 heterocycles. The van der Waals surface area contributed by atoms with Gasteiger partial charge in [0.2, 0.25) is 0 Å². The summed E-state index contributed by atoms with van der Waals surface area (Å²) in [4.78, 5) is 23.2. The molecule has 0 fully saturated rings. The summed E-state index contributed by atoms with van der Waals surface area (Å²) in [6.07, 6.45) is 9.55. The van der Waals surface area contributed by atoms with E-state index in [9.17, 15) is 4.79 Å². The third kappa shape index (κ3) is 4.04. The number of unbranched alkanes of at least 4 members (excludes halogenated alkanes) is 2. The van der Waals surface area contributed by atoms with Gasteiger partial charge in [-0.25, -0.2) is 9.97 Å². The Morgan fingerprint density at radius 3 is 3.04 bits per heavy atom. The zero-order valence-corrected chi connectivity index (χ0v) is 15.1. The SMILES string of the molecule is CCCCCOC(=O)CSc1ncnc2sc3c(c12)CCCC3. The Balaban J connectivity index is 1.66. The van der Waals surface area contributed by atoms with Crippen molar-refractivity contribution in [2.24, 2.45) is 0 Å². The van der Waals surface area contributed by atoms with Gasteiger partial charge in [0.1, 0.15) is 16.2 Å². The molecule has 124 valence electrons. The first-order valence-electron chi connectivity index (χ1n) is 8.33. The molecule has 2 aromatic heterocycles. The molecular formula is C17H22N2O2S2. The number of thiophene rings is 1. The molecule has 0 aliphatic heterocycles. The largest absolute Gasteiger partial charge is 0.465 e. The molecule has 4 nitrogen and oxygen atoms in total. The highest BCUT2D eigenvalue weighted by molar-refractivity contribution is 8.00. The van der Waals surface area contributed by atoms with E-state index < -0.39 is 0 Å². The second kappa shape index (κ2) is 8.11. The summed E-state index contributed by atoms with van der Waals surface area (Å²) in [6, 6.07) is 0. The van der Waals surface area contributed by atoms with E-state index in [2.05, 4.69) is 16.9 Å². The van der Waals surface area contributed by atoms with Crippen LogP contribution in [0.2, 0.25) is 0 Å². The highest BCUT2D eigenvalue weighted by atomic mass is 32.2. The van der Waals surface area contributed by atoms with Gasteiger partial charge in [0, 0.05) is 10.3 Å². The fraction of sp³-hybridized carbons (Fsp3) is 0.588. The Morgan fingerprint density at radius 1 is 1.30 bits per heavy atom. The van der Waals surface area contributed by atoms with Crippen LogP contribution in [0.4, 0.5) is 0 Å². The van der Waals surface area contributed by atoms with Gasteiger partial charge in [0.25, 0.3) is 0 Å². The number of hydrogen-bond acceptors (Lipinski definition) is 6. The van der Waals surface area contributed by atoms with Gasteiger partial charge < -0.3 is 4.74 Å². The van der Waals surface area contributed by atoms with E-state index in [1.807, 2.05) is 0 Å². The van der Waals surface area contributed by atoms with Crippen LogP contribution in [0.1, 0.15) is 49.5 Å². The molecule has 1 aliphatic carbocycles. The molecule has 0 spiro atoms. The molecule has 0 radical (unpaired) electrons. The van der Waals surface area contributed by atoms with Gasteiger partial charge in [-0.1, -0.05) is 31.5 Å². The normalized spacial score (nSPS) is 14.0. The molecule has 23 heavy (non-hydrogen) atoms. The molecule has 3 rings (SSSR count). The monoisotopic (exact) mass is 350 g/mol. The lowest BCUT2D eigenvalue weighted by molar-refractivity contribution is -0.140. The first-order valence-corrected chi connectivity index (χ1v) is 10.1. The van der Waals surface area contributed by atoms with Crippen LogP contribution >= 0.6 is 23.1 Å². The first kappa shape index (κ1) is 16.7. The fourth-order valence-corrected chi connectivity index (χ4v) is 4.99. The Labute approximate surface area is 145 Å². The predicted molar refractivity (Wildman–Crippen MR) is 95.3 cm³/mol. The second-order valence-electron chi connectivity index (χ2n) is 5.79. The van der Waals surface area contributed by atoms with Crippen LogP contribution < -0.4 is 0 Å². The van der Waals surface area contributed by atoms with E-state index >= 15 is 0 Å². The minimum atomic E-state index is -0.151. The summed E-state index contributed by atoms with van der Waals surface area (Å²) < 4.78 is 5.27. The van der Waals surface area contributed by atoms with Gasteiger partial charge in [-0.2, -0.15) is 0 Å². The molecule has 6 heteroatoms. The van der Waals surface area contributed by atoms with Gasteiger partial charge in [0.05, 0.1) is 12.4 Å². The van der Waals surface area contributed by atoms with Crippen LogP contribution in [-0.4, -0.2) is 28.3 Å². The summed E-state index contributed by atoms with van der Waals surface area (Å²) in [5.74, 6) is 0.171. The number of carbonyl (C=O) groups is 1. The fourth-order valence-electron chi connectivity index (χ4n) is 2.88. The molecule has 0 unspecified atom stereocenters. The Hall–Kier alpha value is -1.14. The molecule has 0 atom stereocenters. The highest BCUT2D eigenvalue weighted by Gasteiger charge is 2.20. The predicted octanol–water partition coefficient (Wildman–Crippen LogP) is 4.40. The van der Waals surface area contributed by atoms with Crippen LogP contribution in [0.15, 0.2) is 11.4 Å². The van der Waals surface area contributed by atoms with Crippen molar-refractivity contribution in [3.63, 3.8) is 0 Å². The Kier molecular flexibility index (Phi) is 5.89. The van der Waals surface area contributed by atoms with E-state index in [0.717, 1.165) is 42.0 Å². The van der Waals surface area contributed by atoms with Crippen molar-refractivity contribution in [1.29, 1.82) is 0 Å². The number of thioether (sulfide) groups is 1. The molecule has 0 bridgehead atoms. The quantitative estimate of drug-likeness (QED) is 0.321. The number of carbonyl (C=O) groups excluding carboxylic acids is 1. The molecule has 1 aliphatic rings. The van der Waals surface area contributed by atoms with Crippen molar-refractivity contribution >= 4 is 39.3 Å². The van der Waals surface area contributed by atoms with Gasteiger partial charge >= 0.3 is 5.97 Å². The lowest BCUT2D eigenvalue weighted by Crippen LogP contribution is -2.08. The third-order valence-corrected chi connectivity index (χ3v) is 6.22. The van der Waals surface area contributed by atoms with Gasteiger partial charge in [-0.3, -0.25) is 4.79 Å². The standard InChI is InChI=1S/C17H22N2O2S2/c1-2-3-6-9-21-14(20)10-22-16-15-12-7-4-5-8-13(12)23-17(15)19-11-18-16/h11H,2-10H2,1H3. The number of hydrogen-bond donors (Lipinski definition) is 0. The summed E-state index contributed by atoms with van der Waals surface area (Å²) in [6.45, 7) is 2.67. The minimum absolute atomic E-state index is 0.151. The average molecular weight is 351 g/mol. The van der Waals surface area contributed by atoms with Crippen molar-refractivity contribution in [3.05, 3.63) is 16.8 Å². The summed E-state index contributed by atoms with van der Waals surface area (Å²) in [5, 5.41) is 2.11. The number of ether oxygens (including phenoxy) is 1. The van der Waals surface area contributed by atoms with E-state index in [1.165, 1.54) is 40.4 Å². The number of rotatable bonds is 7. The minimum Gasteiger partial charge on any atom is -0.465 e. The van der Waals surface area contributed by atoms with Crippen LogP contribution in [0.25, 0.3) is 10.2 Å². The highest BCUT2D eigenvalue weighted by Crippen LogP contribution is 2.39. The van der Waals surface area contributed by atoms with E-state index in [1.54, 1.807) is 17.7 Å². The maximum atomic E-state index is 11.9. The molecular weight excluding hydrogens is 328 g/mol. The van der Waals surface area contributed by atoms with Crippen LogP contribution in [0.3, 0.4) is 0 Å². The third-order valence-electron chi connectivity index (χ3n) is 4.05. The number of esters is 1. The Morgan fingerprint density at radius 2 is 2.17 bits per heavy atom. The summed E-state index contributed by atoms with van der Waals surface area (Å²) in [7, 11) is 0. The second-order valence-corrected chi connectivity index (χ2v) is 7.83. The molecule has 0 N–H and O–H groups in total. The van der Waals surface area contributed by atoms with Crippen LogP contribution in [0, 0.1) is 0 Å². The summed E-state index contributed by atoms with van der Waals surface area (Å²) in [5.41, 5.74) is 1.41. The van der Waals surface area contributed by atoms with E-state index in [-0.39, 0.29) is 5.97 Å². The van der Waals surface area contributed by atoms with Crippen LogP contribution in [-0.2, 0) is 22.4 Å². The zero-order chi connectivity index (χ0) is 16.1. The molecule has 0 amide bonds. The van der Waals surface area contributed by atoms with Crippen molar-refractivity contribution in [2.45, 2.75) is 56.9 Å². The lowest BCUT2D eigenvalue weighted by Gasteiger charge is -2.11. The molecule has 2 aromatic rings. The smallest absolute Gasteiger partial charge is 0.316 e. The number of nitrogens with zero attached hydrogens (tertiary/aromatic N) is 2. The van der Waals surface area contributed by atoms with Crippen molar-refractivity contribution in [2.75, 3.05) is 12.4 Å². The van der Waals surface area contributed by atoms with E-state index in [0.29, 0.717) is 12.4 Å². The maximum Gasteiger partial charge on any atom is 0.316 e. The van der Waals surface area contributed by atoms with Crippen molar-refractivity contribution in [3.8, 4) is 0 Å². The van der Waals surface area contributed by atoms with Gasteiger partial charge in [0.15, 0.2) is 0 Å². The first-order chi connectivity index (χ1) is 11.3. The maximum absolute atomic E-state index is 11.9. The average Bonchev–Trinajstić information content (AvgIpc) is 2.96. The van der Waals surface area contributed by atoms with Gasteiger partial charge in [-0.15, -0.1) is 11.3 Å². The van der Waals surface area contributed by atoms with Gasteiger partial charge in [-0.05, 0) is 37.7 Å². The van der Waals surface area contributed by atoms with Crippen molar-refractivity contribution in [1.82, 2.24) is 9.97 Å². The lowest BCUT2D eigenvalue weighted by atomic mass is 9.97. The Bertz CT molecular complexity index is 685. The zero-order valence-electron chi connectivity index (χ0n) is 13.5.